The number of H-pyrrole nitrogens is 1. The van der Waals surface area contributed by atoms with E-state index in [9.17, 15) is 0 Å². The summed E-state index contributed by atoms with van der Waals surface area (Å²) in [6, 6.07) is 4.86. The molecule has 2 rings (SSSR count). The molecule has 0 bridgehead atoms. The molecule has 0 unspecified atom stereocenters. The van der Waals surface area contributed by atoms with Crippen molar-refractivity contribution in [3.8, 4) is 0 Å². The number of rotatable bonds is 2. The number of halogens is 2. The summed E-state index contributed by atoms with van der Waals surface area (Å²) in [7, 11) is 0. The first-order chi connectivity index (χ1) is 8.08. The number of anilines is 2. The molecule has 1 aromatic carbocycles. The lowest BCUT2D eigenvalue weighted by molar-refractivity contribution is 1.11. The molecule has 0 aliphatic carbocycles. The zero-order valence-electron chi connectivity index (χ0n) is 8.48. The van der Waals surface area contributed by atoms with E-state index in [2.05, 4.69) is 20.4 Å². The van der Waals surface area contributed by atoms with Crippen molar-refractivity contribution in [2.75, 3.05) is 11.5 Å². The minimum atomic E-state index is 0.171. The number of hydrogen-bond acceptors (Lipinski definition) is 5. The molecule has 0 saturated carbocycles. The number of aromatic nitrogens is 2. The second-order valence-electron chi connectivity index (χ2n) is 3.17. The van der Waals surface area contributed by atoms with Gasteiger partial charge in [0.25, 0.3) is 0 Å². The highest BCUT2D eigenvalue weighted by Crippen LogP contribution is 2.32. The molecular weight excluding hydrogens is 263 g/mol. The van der Waals surface area contributed by atoms with Gasteiger partial charge in [-0.25, -0.2) is 0 Å². The van der Waals surface area contributed by atoms with Crippen LogP contribution in [0.4, 0.5) is 23.0 Å². The molecule has 0 saturated heterocycles. The molecule has 1 aromatic heterocycles. The Labute approximate surface area is 107 Å². The number of hydrogen-bond donors (Lipinski definition) is 3. The van der Waals surface area contributed by atoms with Gasteiger partial charge < -0.3 is 11.5 Å². The Morgan fingerprint density at radius 2 is 1.94 bits per heavy atom. The Hall–Kier alpha value is -1.79. The van der Waals surface area contributed by atoms with Crippen molar-refractivity contribution in [2.45, 2.75) is 0 Å². The second kappa shape index (κ2) is 4.60. The van der Waals surface area contributed by atoms with Crippen LogP contribution in [0.25, 0.3) is 0 Å². The van der Waals surface area contributed by atoms with Crippen molar-refractivity contribution in [3.05, 3.63) is 28.2 Å². The van der Waals surface area contributed by atoms with Gasteiger partial charge in [-0.2, -0.15) is 5.10 Å². The lowest BCUT2D eigenvalue weighted by Gasteiger charge is -1.97. The molecule has 1 heterocycles. The Balaban J connectivity index is 2.35. The normalized spacial score (nSPS) is 11.2. The van der Waals surface area contributed by atoms with Gasteiger partial charge in [-0.15, -0.1) is 10.2 Å². The highest BCUT2D eigenvalue weighted by atomic mass is 35.5. The summed E-state index contributed by atoms with van der Waals surface area (Å²) in [4.78, 5) is 0. The minimum absolute atomic E-state index is 0.171. The topological polar surface area (TPSA) is 105 Å². The Kier molecular flexibility index (Phi) is 3.16. The predicted octanol–water partition coefficient (Wildman–Crippen LogP) is 3.30. The molecule has 0 fully saturated rings. The molecule has 0 radical (unpaired) electrons. The van der Waals surface area contributed by atoms with Crippen LogP contribution in [0.3, 0.4) is 0 Å². The average molecular weight is 271 g/mol. The van der Waals surface area contributed by atoms with E-state index < -0.39 is 0 Å². The first-order valence-corrected chi connectivity index (χ1v) is 5.29. The van der Waals surface area contributed by atoms with E-state index in [1.807, 2.05) is 0 Å². The lowest BCUT2D eigenvalue weighted by atomic mass is 10.3. The molecule has 0 spiro atoms. The summed E-state index contributed by atoms with van der Waals surface area (Å²) in [5.41, 5.74) is 11.8. The zero-order chi connectivity index (χ0) is 12.4. The van der Waals surface area contributed by atoms with Gasteiger partial charge in [0.2, 0.25) is 0 Å². The fourth-order valence-electron chi connectivity index (χ4n) is 1.14. The van der Waals surface area contributed by atoms with Crippen LogP contribution in [-0.2, 0) is 0 Å². The summed E-state index contributed by atoms with van der Waals surface area (Å²) in [5.74, 6) is 0.411. The van der Waals surface area contributed by atoms with Crippen molar-refractivity contribution in [2.24, 2.45) is 10.2 Å². The maximum atomic E-state index is 5.92. The number of benzene rings is 1. The standard InChI is InChI=1S/C9H8Cl2N6/c10-4-1-2-5(11)6(3-4)14-15-7-8(12)16-17-9(7)13/h1-3H,(H5,12,13,16,17). The number of nitrogens with one attached hydrogen (secondary N) is 1. The quantitative estimate of drug-likeness (QED) is 0.729. The molecule has 2 aromatic rings. The van der Waals surface area contributed by atoms with Gasteiger partial charge >= 0.3 is 0 Å². The number of nitrogens with two attached hydrogens (primary N) is 2. The summed E-state index contributed by atoms with van der Waals surface area (Å²) in [5, 5.41) is 14.9. The van der Waals surface area contributed by atoms with E-state index in [-0.39, 0.29) is 17.3 Å². The molecule has 0 aliphatic rings. The monoisotopic (exact) mass is 270 g/mol. The summed E-state index contributed by atoms with van der Waals surface area (Å²) < 4.78 is 0. The van der Waals surface area contributed by atoms with Crippen LogP contribution in [0.5, 0.6) is 0 Å². The molecule has 0 atom stereocenters. The molecule has 8 heteroatoms. The van der Waals surface area contributed by atoms with E-state index in [4.69, 9.17) is 34.7 Å². The molecule has 5 N–H and O–H groups in total. The Morgan fingerprint density at radius 3 is 2.59 bits per heavy atom. The third-order valence-electron chi connectivity index (χ3n) is 1.96. The van der Waals surface area contributed by atoms with Crippen molar-refractivity contribution < 1.29 is 0 Å². The van der Waals surface area contributed by atoms with Crippen molar-refractivity contribution in [3.63, 3.8) is 0 Å². The third kappa shape index (κ3) is 2.48. The van der Waals surface area contributed by atoms with Gasteiger partial charge in [-0.3, -0.25) is 5.10 Å². The lowest BCUT2D eigenvalue weighted by Crippen LogP contribution is -1.84. The highest BCUT2D eigenvalue weighted by Gasteiger charge is 2.07. The van der Waals surface area contributed by atoms with Crippen LogP contribution in [0.1, 0.15) is 0 Å². The summed E-state index contributed by atoms with van der Waals surface area (Å²) >= 11 is 11.7. The maximum Gasteiger partial charge on any atom is 0.175 e. The van der Waals surface area contributed by atoms with Crippen molar-refractivity contribution in [1.29, 1.82) is 0 Å². The van der Waals surface area contributed by atoms with Crippen molar-refractivity contribution in [1.82, 2.24) is 10.2 Å². The van der Waals surface area contributed by atoms with Crippen LogP contribution in [0.2, 0.25) is 10.0 Å². The van der Waals surface area contributed by atoms with E-state index in [1.165, 1.54) is 0 Å². The Bertz CT molecular complexity index is 557. The first kappa shape index (κ1) is 11.7. The molecule has 17 heavy (non-hydrogen) atoms. The molecule has 88 valence electrons. The fourth-order valence-corrected chi connectivity index (χ4v) is 1.46. The third-order valence-corrected chi connectivity index (χ3v) is 2.52. The van der Waals surface area contributed by atoms with Crippen LogP contribution in [0.15, 0.2) is 28.4 Å². The van der Waals surface area contributed by atoms with Crippen LogP contribution < -0.4 is 11.5 Å². The van der Waals surface area contributed by atoms with E-state index in [0.29, 0.717) is 15.7 Å². The smallest absolute Gasteiger partial charge is 0.175 e. The fraction of sp³-hybridized carbons (Fsp3) is 0. The van der Waals surface area contributed by atoms with Gasteiger partial charge in [0, 0.05) is 5.02 Å². The van der Waals surface area contributed by atoms with E-state index in [0.717, 1.165) is 0 Å². The number of nitrogens with zero attached hydrogens (tertiary/aromatic N) is 3. The minimum Gasteiger partial charge on any atom is -0.382 e. The number of aromatic amines is 1. The molecule has 0 aliphatic heterocycles. The number of nitrogen functional groups attached to an aromatic ring is 2. The molecule has 0 amide bonds. The maximum absolute atomic E-state index is 5.92. The van der Waals surface area contributed by atoms with E-state index >= 15 is 0 Å². The Morgan fingerprint density at radius 1 is 1.18 bits per heavy atom. The molecular formula is C9H8Cl2N6. The SMILES string of the molecule is Nc1n[nH]c(N)c1N=Nc1cc(Cl)ccc1Cl. The van der Waals surface area contributed by atoms with Gasteiger partial charge in [0.15, 0.2) is 11.5 Å². The van der Waals surface area contributed by atoms with E-state index in [1.54, 1.807) is 18.2 Å². The number of azo groups is 1. The second-order valence-corrected chi connectivity index (χ2v) is 4.01. The largest absolute Gasteiger partial charge is 0.382 e. The summed E-state index contributed by atoms with van der Waals surface area (Å²) in [6.07, 6.45) is 0. The average Bonchev–Trinajstić information content (AvgIpc) is 2.61. The van der Waals surface area contributed by atoms with Crippen molar-refractivity contribution >= 4 is 46.2 Å². The zero-order valence-corrected chi connectivity index (χ0v) is 10.00. The predicted molar refractivity (Wildman–Crippen MR) is 68.1 cm³/mol. The van der Waals surface area contributed by atoms with Gasteiger partial charge in [0.1, 0.15) is 11.5 Å². The van der Waals surface area contributed by atoms with Crippen LogP contribution in [0, 0.1) is 0 Å². The molecule has 6 nitrogen and oxygen atoms in total. The first-order valence-electron chi connectivity index (χ1n) is 4.54. The van der Waals surface area contributed by atoms with Crippen LogP contribution >= 0.6 is 23.2 Å². The van der Waals surface area contributed by atoms with Gasteiger partial charge in [0.05, 0.1) is 5.02 Å². The highest BCUT2D eigenvalue weighted by molar-refractivity contribution is 6.35. The van der Waals surface area contributed by atoms with Crippen LogP contribution in [-0.4, -0.2) is 10.2 Å². The summed E-state index contributed by atoms with van der Waals surface area (Å²) in [6.45, 7) is 0. The van der Waals surface area contributed by atoms with Gasteiger partial charge in [-0.1, -0.05) is 23.2 Å². The van der Waals surface area contributed by atoms with Gasteiger partial charge in [-0.05, 0) is 18.2 Å².